The molecule has 2 aromatic rings. The van der Waals surface area contributed by atoms with Crippen LogP contribution in [0.15, 0.2) is 30.3 Å². The zero-order chi connectivity index (χ0) is 17.4. The van der Waals surface area contributed by atoms with Crippen molar-refractivity contribution in [3.63, 3.8) is 0 Å². The second-order valence-electron chi connectivity index (χ2n) is 5.44. The summed E-state index contributed by atoms with van der Waals surface area (Å²) in [5, 5.41) is 6.67. The van der Waals surface area contributed by atoms with Gasteiger partial charge < -0.3 is 10.6 Å². The van der Waals surface area contributed by atoms with E-state index in [9.17, 15) is 9.59 Å². The smallest absolute Gasteiger partial charge is 0.251 e. The first kappa shape index (κ1) is 18.1. The molecule has 2 rings (SSSR count). The van der Waals surface area contributed by atoms with E-state index >= 15 is 0 Å². The lowest BCUT2D eigenvalue weighted by Crippen LogP contribution is -2.31. The molecule has 0 spiro atoms. The van der Waals surface area contributed by atoms with Gasteiger partial charge in [-0.1, -0.05) is 25.1 Å². The van der Waals surface area contributed by atoms with Crippen LogP contribution in [0.2, 0.25) is 0 Å². The average molecular weight is 345 g/mol. The number of hydrogen-bond acceptors (Lipinski definition) is 4. The molecular formula is C18H23N3O2S. The standard InChI is InChI=1S/C18H23N3O2S/c1-3-15-13(2)24-17(21-15)10-12-19-16(22)9-11-20-18(23)14-7-5-4-6-8-14/h4-8H,3,9-12H2,1-2H3,(H,19,22)(H,20,23). The van der Waals surface area contributed by atoms with Gasteiger partial charge in [-0.3, -0.25) is 9.59 Å². The lowest BCUT2D eigenvalue weighted by Gasteiger charge is -2.06. The minimum atomic E-state index is -0.159. The van der Waals surface area contributed by atoms with Gasteiger partial charge in [0.2, 0.25) is 5.91 Å². The third-order valence-corrected chi connectivity index (χ3v) is 4.68. The summed E-state index contributed by atoms with van der Waals surface area (Å²) < 4.78 is 0. The molecular weight excluding hydrogens is 322 g/mol. The molecule has 0 bridgehead atoms. The van der Waals surface area contributed by atoms with E-state index in [-0.39, 0.29) is 18.2 Å². The van der Waals surface area contributed by atoms with Crippen LogP contribution in [0, 0.1) is 6.92 Å². The maximum Gasteiger partial charge on any atom is 0.251 e. The Hall–Kier alpha value is -2.21. The monoisotopic (exact) mass is 345 g/mol. The molecule has 0 fully saturated rings. The molecule has 1 aromatic carbocycles. The molecule has 5 nitrogen and oxygen atoms in total. The van der Waals surface area contributed by atoms with Crippen molar-refractivity contribution in [1.29, 1.82) is 0 Å². The molecule has 0 aliphatic carbocycles. The van der Waals surface area contributed by atoms with Crippen molar-refractivity contribution in [2.75, 3.05) is 13.1 Å². The molecule has 0 aliphatic rings. The van der Waals surface area contributed by atoms with Gasteiger partial charge in [0.05, 0.1) is 10.7 Å². The summed E-state index contributed by atoms with van der Waals surface area (Å²) >= 11 is 1.69. The van der Waals surface area contributed by atoms with Gasteiger partial charge in [0.25, 0.3) is 5.91 Å². The highest BCUT2D eigenvalue weighted by molar-refractivity contribution is 7.11. The van der Waals surface area contributed by atoms with Crippen LogP contribution in [0.1, 0.15) is 39.3 Å². The van der Waals surface area contributed by atoms with Gasteiger partial charge in [0.1, 0.15) is 0 Å². The molecule has 0 aliphatic heterocycles. The third kappa shape index (κ3) is 5.45. The first-order valence-corrected chi connectivity index (χ1v) is 8.97. The highest BCUT2D eigenvalue weighted by atomic mass is 32.1. The van der Waals surface area contributed by atoms with E-state index in [1.54, 1.807) is 23.5 Å². The summed E-state index contributed by atoms with van der Waals surface area (Å²) in [6, 6.07) is 8.97. The van der Waals surface area contributed by atoms with Crippen molar-refractivity contribution in [3.8, 4) is 0 Å². The van der Waals surface area contributed by atoms with Gasteiger partial charge >= 0.3 is 0 Å². The Kier molecular flexibility index (Phi) is 6.93. The second-order valence-corrected chi connectivity index (χ2v) is 6.72. The van der Waals surface area contributed by atoms with Gasteiger partial charge in [0.15, 0.2) is 0 Å². The molecule has 1 heterocycles. The van der Waals surface area contributed by atoms with Crippen LogP contribution in [0.4, 0.5) is 0 Å². The van der Waals surface area contributed by atoms with E-state index in [1.807, 2.05) is 18.2 Å². The zero-order valence-electron chi connectivity index (χ0n) is 14.1. The van der Waals surface area contributed by atoms with Crippen molar-refractivity contribution >= 4 is 23.2 Å². The summed E-state index contributed by atoms with van der Waals surface area (Å²) in [4.78, 5) is 29.4. The molecule has 2 amide bonds. The minimum absolute atomic E-state index is 0.0626. The number of aromatic nitrogens is 1. The Bertz CT molecular complexity index is 683. The Morgan fingerprint density at radius 3 is 2.54 bits per heavy atom. The SMILES string of the molecule is CCc1nc(CCNC(=O)CCNC(=O)c2ccccc2)sc1C. The number of amides is 2. The fourth-order valence-electron chi connectivity index (χ4n) is 2.30. The van der Waals surface area contributed by atoms with Gasteiger partial charge in [0, 0.05) is 36.4 Å². The van der Waals surface area contributed by atoms with E-state index in [1.165, 1.54) is 4.88 Å². The highest BCUT2D eigenvalue weighted by Crippen LogP contribution is 2.17. The number of carbonyl (C=O) groups excluding carboxylic acids is 2. The van der Waals surface area contributed by atoms with E-state index in [0.29, 0.717) is 18.7 Å². The van der Waals surface area contributed by atoms with Gasteiger partial charge in [-0.2, -0.15) is 0 Å². The summed E-state index contributed by atoms with van der Waals surface area (Å²) in [7, 11) is 0. The number of aryl methyl sites for hydroxylation is 2. The lowest BCUT2D eigenvalue weighted by atomic mass is 10.2. The van der Waals surface area contributed by atoms with Crippen LogP contribution in [0.5, 0.6) is 0 Å². The number of nitrogens with zero attached hydrogens (tertiary/aromatic N) is 1. The quantitative estimate of drug-likeness (QED) is 0.772. The second kappa shape index (κ2) is 9.17. The summed E-state index contributed by atoms with van der Waals surface area (Å²) in [5.41, 5.74) is 1.74. The molecule has 0 atom stereocenters. The van der Waals surface area contributed by atoms with Crippen molar-refractivity contribution in [1.82, 2.24) is 15.6 Å². The zero-order valence-corrected chi connectivity index (χ0v) is 14.9. The van der Waals surface area contributed by atoms with Gasteiger partial charge in [-0.05, 0) is 25.5 Å². The molecule has 0 saturated carbocycles. The number of hydrogen-bond donors (Lipinski definition) is 2. The first-order chi connectivity index (χ1) is 11.6. The van der Waals surface area contributed by atoms with Gasteiger partial charge in [-0.25, -0.2) is 4.98 Å². The Morgan fingerprint density at radius 2 is 1.88 bits per heavy atom. The lowest BCUT2D eigenvalue weighted by molar-refractivity contribution is -0.120. The number of carbonyl (C=O) groups is 2. The molecule has 128 valence electrons. The van der Waals surface area contributed by atoms with Crippen molar-refractivity contribution in [2.45, 2.75) is 33.1 Å². The molecule has 6 heteroatoms. The minimum Gasteiger partial charge on any atom is -0.356 e. The molecule has 2 N–H and O–H groups in total. The van der Waals surface area contributed by atoms with Crippen LogP contribution in [-0.4, -0.2) is 29.9 Å². The third-order valence-electron chi connectivity index (χ3n) is 3.61. The summed E-state index contributed by atoms with van der Waals surface area (Å²) in [6.07, 6.45) is 1.96. The number of nitrogens with one attached hydrogen (secondary N) is 2. The van der Waals surface area contributed by atoms with Crippen LogP contribution in [0.25, 0.3) is 0 Å². The molecule has 24 heavy (non-hydrogen) atoms. The predicted molar refractivity (Wildman–Crippen MR) is 96.3 cm³/mol. The predicted octanol–water partition coefficient (Wildman–Crippen LogP) is 2.49. The normalized spacial score (nSPS) is 10.4. The number of thiazole rings is 1. The first-order valence-electron chi connectivity index (χ1n) is 8.15. The average Bonchev–Trinajstić information content (AvgIpc) is 2.95. The number of rotatable bonds is 8. The fraction of sp³-hybridized carbons (Fsp3) is 0.389. The van der Waals surface area contributed by atoms with Crippen molar-refractivity contribution in [2.24, 2.45) is 0 Å². The molecule has 0 radical (unpaired) electrons. The van der Waals surface area contributed by atoms with E-state index < -0.39 is 0 Å². The highest BCUT2D eigenvalue weighted by Gasteiger charge is 2.08. The maximum atomic E-state index is 11.8. The van der Waals surface area contributed by atoms with Crippen LogP contribution >= 0.6 is 11.3 Å². The fourth-order valence-corrected chi connectivity index (χ4v) is 3.32. The number of benzene rings is 1. The van der Waals surface area contributed by atoms with Crippen molar-refractivity contribution < 1.29 is 9.59 Å². The molecule has 0 saturated heterocycles. The Balaban J connectivity index is 1.64. The van der Waals surface area contributed by atoms with E-state index in [2.05, 4.69) is 29.5 Å². The van der Waals surface area contributed by atoms with E-state index in [0.717, 1.165) is 23.5 Å². The topological polar surface area (TPSA) is 71.1 Å². The maximum absolute atomic E-state index is 11.8. The Morgan fingerprint density at radius 1 is 1.12 bits per heavy atom. The largest absolute Gasteiger partial charge is 0.356 e. The van der Waals surface area contributed by atoms with Crippen LogP contribution < -0.4 is 10.6 Å². The van der Waals surface area contributed by atoms with Crippen LogP contribution in [-0.2, 0) is 17.6 Å². The molecule has 1 aromatic heterocycles. The van der Waals surface area contributed by atoms with Gasteiger partial charge in [-0.15, -0.1) is 11.3 Å². The molecule has 0 unspecified atom stereocenters. The van der Waals surface area contributed by atoms with E-state index in [4.69, 9.17) is 0 Å². The van der Waals surface area contributed by atoms with Crippen LogP contribution in [0.3, 0.4) is 0 Å². The summed E-state index contributed by atoms with van der Waals surface area (Å²) in [5.74, 6) is -0.221. The van der Waals surface area contributed by atoms with Crippen molar-refractivity contribution in [3.05, 3.63) is 51.5 Å². The summed E-state index contributed by atoms with van der Waals surface area (Å²) in [6.45, 7) is 5.07. The Labute approximate surface area is 146 Å².